The second-order valence-corrected chi connectivity index (χ2v) is 5.23. The Morgan fingerprint density at radius 2 is 1.75 bits per heavy atom. The van der Waals surface area contributed by atoms with Crippen LogP contribution in [0.15, 0.2) is 12.4 Å². The van der Waals surface area contributed by atoms with Gasteiger partial charge in [-0.1, -0.05) is 40.5 Å². The molecule has 0 aromatic carbocycles. The van der Waals surface area contributed by atoms with Crippen LogP contribution in [-0.4, -0.2) is 9.97 Å². The number of aryl methyl sites for hydroxylation is 1. The Bertz CT molecular complexity index is 288. The molecule has 0 saturated carbocycles. The van der Waals surface area contributed by atoms with Gasteiger partial charge in [-0.3, -0.25) is 9.97 Å². The Kier molecular flexibility index (Phi) is 5.44. The van der Waals surface area contributed by atoms with Gasteiger partial charge in [0.1, 0.15) is 0 Å². The van der Waals surface area contributed by atoms with Crippen LogP contribution in [0, 0.1) is 5.92 Å². The minimum Gasteiger partial charge on any atom is -0.258 e. The molecule has 1 aromatic rings. The minimum absolute atomic E-state index is 0.475. The highest BCUT2D eigenvalue weighted by atomic mass is 14.8. The molecule has 0 fully saturated rings. The maximum Gasteiger partial charge on any atom is 0.0612 e. The normalized spacial score (nSPS) is 11.4. The van der Waals surface area contributed by atoms with E-state index in [0.29, 0.717) is 5.92 Å². The van der Waals surface area contributed by atoms with Crippen molar-refractivity contribution in [3.63, 3.8) is 0 Å². The number of hydrogen-bond donors (Lipinski definition) is 0. The highest BCUT2D eigenvalue weighted by Gasteiger charge is 2.02. The van der Waals surface area contributed by atoms with Gasteiger partial charge >= 0.3 is 0 Å². The van der Waals surface area contributed by atoms with E-state index in [4.69, 9.17) is 0 Å². The first-order valence-electron chi connectivity index (χ1n) is 6.40. The van der Waals surface area contributed by atoms with E-state index >= 15 is 0 Å². The molecule has 1 rings (SSSR count). The Morgan fingerprint density at radius 3 is 2.25 bits per heavy atom. The van der Waals surface area contributed by atoms with E-state index in [-0.39, 0.29) is 0 Å². The second-order valence-electron chi connectivity index (χ2n) is 5.23. The van der Waals surface area contributed by atoms with Gasteiger partial charge in [-0.25, -0.2) is 0 Å². The van der Waals surface area contributed by atoms with Crippen molar-refractivity contribution in [3.05, 3.63) is 23.8 Å². The van der Waals surface area contributed by atoms with Gasteiger partial charge in [0.2, 0.25) is 0 Å². The maximum absolute atomic E-state index is 4.45. The number of rotatable bonds is 6. The van der Waals surface area contributed by atoms with Crippen LogP contribution in [0.25, 0.3) is 0 Å². The SMILES string of the molecule is CC(C)CCCCc1cnc(C(C)C)cn1. The van der Waals surface area contributed by atoms with Crippen molar-refractivity contribution in [1.29, 1.82) is 0 Å². The predicted molar refractivity (Wildman–Crippen MR) is 68.5 cm³/mol. The van der Waals surface area contributed by atoms with Crippen molar-refractivity contribution in [2.24, 2.45) is 5.92 Å². The fourth-order valence-electron chi connectivity index (χ4n) is 1.65. The molecule has 0 spiro atoms. The summed E-state index contributed by atoms with van der Waals surface area (Å²) in [5, 5.41) is 0. The first-order chi connectivity index (χ1) is 7.59. The van der Waals surface area contributed by atoms with Crippen molar-refractivity contribution in [1.82, 2.24) is 9.97 Å². The summed E-state index contributed by atoms with van der Waals surface area (Å²) >= 11 is 0. The lowest BCUT2D eigenvalue weighted by atomic mass is 10.0. The van der Waals surface area contributed by atoms with Gasteiger partial charge in [-0.05, 0) is 24.7 Å². The number of nitrogens with zero attached hydrogens (tertiary/aromatic N) is 2. The first kappa shape index (κ1) is 13.1. The monoisotopic (exact) mass is 220 g/mol. The molecule has 0 aliphatic carbocycles. The predicted octanol–water partition coefficient (Wildman–Crippen LogP) is 3.97. The van der Waals surface area contributed by atoms with Gasteiger partial charge in [0.25, 0.3) is 0 Å². The Labute approximate surface area is 99.5 Å². The van der Waals surface area contributed by atoms with Crippen LogP contribution in [0.3, 0.4) is 0 Å². The number of hydrogen-bond acceptors (Lipinski definition) is 2. The third-order valence-corrected chi connectivity index (χ3v) is 2.78. The summed E-state index contributed by atoms with van der Waals surface area (Å²) in [6.07, 6.45) is 8.77. The molecule has 0 atom stereocenters. The standard InChI is InChI=1S/C14H24N2/c1-11(2)7-5-6-8-13-9-16-14(10-15-13)12(3)4/h9-12H,5-8H2,1-4H3. The van der Waals surface area contributed by atoms with Crippen LogP contribution < -0.4 is 0 Å². The van der Waals surface area contributed by atoms with Gasteiger partial charge < -0.3 is 0 Å². The zero-order chi connectivity index (χ0) is 12.0. The quantitative estimate of drug-likeness (QED) is 0.678. The lowest BCUT2D eigenvalue weighted by Crippen LogP contribution is -1.98. The van der Waals surface area contributed by atoms with Gasteiger partial charge in [-0.2, -0.15) is 0 Å². The van der Waals surface area contributed by atoms with Crippen LogP contribution in [0.4, 0.5) is 0 Å². The highest BCUT2D eigenvalue weighted by Crippen LogP contribution is 2.11. The summed E-state index contributed by atoms with van der Waals surface area (Å²) in [5.74, 6) is 1.29. The number of aromatic nitrogens is 2. The Balaban J connectivity index is 2.32. The smallest absolute Gasteiger partial charge is 0.0612 e. The molecule has 2 nitrogen and oxygen atoms in total. The van der Waals surface area contributed by atoms with Crippen molar-refractivity contribution in [2.75, 3.05) is 0 Å². The van der Waals surface area contributed by atoms with Crippen LogP contribution in [0.1, 0.15) is 64.3 Å². The van der Waals surface area contributed by atoms with Crippen molar-refractivity contribution < 1.29 is 0 Å². The van der Waals surface area contributed by atoms with Gasteiger partial charge in [0, 0.05) is 12.4 Å². The molecule has 16 heavy (non-hydrogen) atoms. The average Bonchev–Trinajstić information content (AvgIpc) is 2.25. The minimum atomic E-state index is 0.475. The molecule has 0 aliphatic heterocycles. The van der Waals surface area contributed by atoms with E-state index in [1.165, 1.54) is 19.3 Å². The molecule has 0 N–H and O–H groups in total. The molecule has 1 heterocycles. The third kappa shape index (κ3) is 4.73. The summed E-state index contributed by atoms with van der Waals surface area (Å²) in [6, 6.07) is 0. The third-order valence-electron chi connectivity index (χ3n) is 2.78. The zero-order valence-electron chi connectivity index (χ0n) is 11.0. The fourth-order valence-corrected chi connectivity index (χ4v) is 1.65. The van der Waals surface area contributed by atoms with Crippen molar-refractivity contribution in [2.45, 2.75) is 59.3 Å². The first-order valence-corrected chi connectivity index (χ1v) is 6.40. The van der Waals surface area contributed by atoms with E-state index in [9.17, 15) is 0 Å². The summed E-state index contributed by atoms with van der Waals surface area (Å²) in [5.41, 5.74) is 2.22. The molecule has 1 aromatic heterocycles. The summed E-state index contributed by atoms with van der Waals surface area (Å²) in [4.78, 5) is 8.88. The number of unbranched alkanes of at least 4 members (excludes halogenated alkanes) is 1. The topological polar surface area (TPSA) is 25.8 Å². The summed E-state index contributed by atoms with van der Waals surface area (Å²) < 4.78 is 0. The van der Waals surface area contributed by atoms with E-state index in [2.05, 4.69) is 37.7 Å². The molecule has 90 valence electrons. The fraction of sp³-hybridized carbons (Fsp3) is 0.714. The zero-order valence-corrected chi connectivity index (χ0v) is 11.0. The van der Waals surface area contributed by atoms with E-state index in [1.54, 1.807) is 0 Å². The van der Waals surface area contributed by atoms with E-state index in [1.807, 2.05) is 12.4 Å². The molecule has 2 heteroatoms. The van der Waals surface area contributed by atoms with Crippen LogP contribution in [-0.2, 0) is 6.42 Å². The molecule has 0 saturated heterocycles. The second kappa shape index (κ2) is 6.62. The van der Waals surface area contributed by atoms with Crippen LogP contribution in [0.5, 0.6) is 0 Å². The van der Waals surface area contributed by atoms with E-state index in [0.717, 1.165) is 23.7 Å². The summed E-state index contributed by atoms with van der Waals surface area (Å²) in [6.45, 7) is 8.84. The highest BCUT2D eigenvalue weighted by molar-refractivity contribution is 5.05. The van der Waals surface area contributed by atoms with Crippen LogP contribution in [0.2, 0.25) is 0 Å². The van der Waals surface area contributed by atoms with Crippen molar-refractivity contribution >= 4 is 0 Å². The molecule has 0 amide bonds. The molecule has 0 aliphatic rings. The molecule has 0 radical (unpaired) electrons. The molecule has 0 unspecified atom stereocenters. The Morgan fingerprint density at radius 1 is 1.00 bits per heavy atom. The maximum atomic E-state index is 4.45. The van der Waals surface area contributed by atoms with Gasteiger partial charge in [0.15, 0.2) is 0 Å². The molecular weight excluding hydrogens is 196 g/mol. The van der Waals surface area contributed by atoms with Gasteiger partial charge in [0.05, 0.1) is 11.4 Å². The van der Waals surface area contributed by atoms with Crippen LogP contribution >= 0.6 is 0 Å². The molecular formula is C14H24N2. The van der Waals surface area contributed by atoms with Gasteiger partial charge in [-0.15, -0.1) is 0 Å². The Hall–Kier alpha value is -0.920. The van der Waals surface area contributed by atoms with E-state index < -0.39 is 0 Å². The lowest BCUT2D eigenvalue weighted by molar-refractivity contribution is 0.536. The average molecular weight is 220 g/mol. The lowest BCUT2D eigenvalue weighted by Gasteiger charge is -2.06. The largest absolute Gasteiger partial charge is 0.258 e. The summed E-state index contributed by atoms with van der Waals surface area (Å²) in [7, 11) is 0. The molecule has 0 bridgehead atoms. The van der Waals surface area contributed by atoms with Crippen molar-refractivity contribution in [3.8, 4) is 0 Å².